The molecule has 0 saturated heterocycles. The Morgan fingerprint density at radius 1 is 1.38 bits per heavy atom. The maximum absolute atomic E-state index is 12.5. The van der Waals surface area contributed by atoms with Gasteiger partial charge in [0.05, 0.1) is 4.90 Å². The molecule has 2 rings (SSSR count). The summed E-state index contributed by atoms with van der Waals surface area (Å²) in [7, 11) is -1.61. The van der Waals surface area contributed by atoms with E-state index < -0.39 is 10.0 Å². The highest BCUT2D eigenvalue weighted by Gasteiger charge is 2.33. The molecule has 0 bridgehead atoms. The maximum Gasteiger partial charge on any atom is 0.241 e. The van der Waals surface area contributed by atoms with Crippen LogP contribution in [0.1, 0.15) is 38.7 Å². The molecular weight excluding hydrogens is 352 g/mol. The van der Waals surface area contributed by atoms with Crippen LogP contribution in [-0.2, 0) is 16.6 Å². The molecule has 0 heterocycles. The molecule has 0 spiro atoms. The summed E-state index contributed by atoms with van der Waals surface area (Å²) in [6.45, 7) is 5.08. The van der Waals surface area contributed by atoms with Crippen molar-refractivity contribution in [1.82, 2.24) is 10.0 Å². The van der Waals surface area contributed by atoms with Crippen LogP contribution in [0, 0.1) is 5.41 Å². The van der Waals surface area contributed by atoms with Crippen LogP contribution in [0.3, 0.4) is 0 Å². The van der Waals surface area contributed by atoms with Gasteiger partial charge in [0.25, 0.3) is 0 Å². The van der Waals surface area contributed by atoms with Gasteiger partial charge in [-0.1, -0.05) is 19.9 Å². The minimum Gasteiger partial charge on any atom is -0.316 e. The highest BCUT2D eigenvalue weighted by atomic mass is 79.9. The average molecular weight is 375 g/mol. The number of hydrogen-bond acceptors (Lipinski definition) is 3. The number of nitrogens with one attached hydrogen (secondary N) is 2. The lowest BCUT2D eigenvalue weighted by Gasteiger charge is -2.18. The highest BCUT2D eigenvalue weighted by Crippen LogP contribution is 2.37. The van der Waals surface area contributed by atoms with Gasteiger partial charge >= 0.3 is 0 Å². The predicted octanol–water partition coefficient (Wildman–Crippen LogP) is 3.03. The van der Waals surface area contributed by atoms with Crippen LogP contribution in [0.15, 0.2) is 27.6 Å². The second-order valence-corrected chi connectivity index (χ2v) is 9.06. The van der Waals surface area contributed by atoms with Gasteiger partial charge in [0, 0.05) is 17.1 Å². The van der Waals surface area contributed by atoms with E-state index in [0.29, 0.717) is 15.9 Å². The molecule has 4 nitrogen and oxygen atoms in total. The smallest absolute Gasteiger partial charge is 0.241 e. The van der Waals surface area contributed by atoms with Crippen molar-refractivity contribution in [2.75, 3.05) is 7.05 Å². The summed E-state index contributed by atoms with van der Waals surface area (Å²) in [6, 6.07) is 5.39. The zero-order valence-corrected chi connectivity index (χ0v) is 15.1. The van der Waals surface area contributed by atoms with Crippen LogP contribution >= 0.6 is 15.9 Å². The molecule has 1 aromatic rings. The van der Waals surface area contributed by atoms with Crippen molar-refractivity contribution in [3.63, 3.8) is 0 Å². The first-order valence-electron chi connectivity index (χ1n) is 7.19. The van der Waals surface area contributed by atoms with Gasteiger partial charge in [-0.2, -0.15) is 0 Å². The van der Waals surface area contributed by atoms with E-state index in [1.165, 1.54) is 0 Å². The first kappa shape index (κ1) is 16.9. The molecule has 1 fully saturated rings. The van der Waals surface area contributed by atoms with Gasteiger partial charge in [-0.25, -0.2) is 13.1 Å². The molecule has 1 aromatic carbocycles. The summed E-state index contributed by atoms with van der Waals surface area (Å²) < 4.78 is 28.5. The minimum absolute atomic E-state index is 0.0360. The maximum atomic E-state index is 12.5. The molecule has 0 amide bonds. The van der Waals surface area contributed by atoms with Crippen LogP contribution in [0.5, 0.6) is 0 Å². The molecular formula is C15H23BrN2O2S. The molecule has 21 heavy (non-hydrogen) atoms. The Labute approximate surface area is 135 Å². The Morgan fingerprint density at radius 2 is 2.10 bits per heavy atom. The average Bonchev–Trinajstić information content (AvgIpc) is 2.68. The summed E-state index contributed by atoms with van der Waals surface area (Å²) in [5.74, 6) is 0. The molecule has 1 saturated carbocycles. The van der Waals surface area contributed by atoms with Gasteiger partial charge in [-0.3, -0.25) is 0 Å². The summed E-state index contributed by atoms with van der Waals surface area (Å²) >= 11 is 3.38. The Balaban J connectivity index is 2.16. The van der Waals surface area contributed by atoms with Crippen LogP contribution in [0.4, 0.5) is 0 Å². The van der Waals surface area contributed by atoms with Crippen LogP contribution in [0.2, 0.25) is 0 Å². The lowest BCUT2D eigenvalue weighted by molar-refractivity contribution is 0.372. The molecule has 1 unspecified atom stereocenters. The Morgan fingerprint density at radius 3 is 2.62 bits per heavy atom. The standard InChI is InChI=1S/C15H23BrN2O2S/c1-15(2)7-6-12(9-15)18-21(19,20)14-5-4-11(10-17-3)8-13(14)16/h4-5,8,12,17-18H,6-7,9-10H2,1-3H3. The quantitative estimate of drug-likeness (QED) is 0.832. The fourth-order valence-corrected chi connectivity index (χ4v) is 5.29. The second kappa shape index (κ2) is 6.36. The first-order valence-corrected chi connectivity index (χ1v) is 9.46. The van der Waals surface area contributed by atoms with Gasteiger partial charge in [0.15, 0.2) is 0 Å². The van der Waals surface area contributed by atoms with E-state index in [1.807, 2.05) is 19.2 Å². The van der Waals surface area contributed by atoms with Crippen LogP contribution in [-0.4, -0.2) is 21.5 Å². The van der Waals surface area contributed by atoms with Crippen molar-refractivity contribution < 1.29 is 8.42 Å². The topological polar surface area (TPSA) is 58.2 Å². The Bertz CT molecular complexity index is 614. The number of halogens is 1. The van der Waals surface area contributed by atoms with Crippen molar-refractivity contribution in [3.05, 3.63) is 28.2 Å². The van der Waals surface area contributed by atoms with Crippen LogP contribution in [0.25, 0.3) is 0 Å². The number of rotatable bonds is 5. The summed E-state index contributed by atoms with van der Waals surface area (Å²) in [6.07, 6.45) is 2.85. The van der Waals surface area contributed by atoms with Crippen molar-refractivity contribution >= 4 is 26.0 Å². The van der Waals surface area contributed by atoms with E-state index >= 15 is 0 Å². The molecule has 0 aliphatic heterocycles. The van der Waals surface area contributed by atoms with Crippen molar-refractivity contribution in [3.8, 4) is 0 Å². The van der Waals surface area contributed by atoms with Crippen molar-refractivity contribution in [2.24, 2.45) is 5.41 Å². The Hall–Kier alpha value is -0.430. The molecule has 6 heteroatoms. The largest absolute Gasteiger partial charge is 0.316 e. The van der Waals surface area contributed by atoms with E-state index in [2.05, 4.69) is 39.8 Å². The molecule has 2 N–H and O–H groups in total. The molecule has 1 aliphatic rings. The molecule has 1 aliphatic carbocycles. The number of sulfonamides is 1. The molecule has 0 radical (unpaired) electrons. The number of hydrogen-bond donors (Lipinski definition) is 2. The molecule has 118 valence electrons. The summed E-state index contributed by atoms with van der Waals surface area (Å²) in [5.41, 5.74) is 1.27. The van der Waals surface area contributed by atoms with E-state index in [9.17, 15) is 8.42 Å². The first-order chi connectivity index (χ1) is 9.73. The highest BCUT2D eigenvalue weighted by molar-refractivity contribution is 9.10. The third-order valence-corrected chi connectivity index (χ3v) is 6.45. The SMILES string of the molecule is CNCc1ccc(S(=O)(=O)NC2CCC(C)(C)C2)c(Br)c1. The lowest BCUT2D eigenvalue weighted by atomic mass is 9.92. The summed E-state index contributed by atoms with van der Waals surface area (Å²) in [5, 5.41) is 3.05. The Kier molecular flexibility index (Phi) is 5.13. The van der Waals surface area contributed by atoms with Crippen molar-refractivity contribution in [2.45, 2.75) is 50.6 Å². The van der Waals surface area contributed by atoms with E-state index in [4.69, 9.17) is 0 Å². The zero-order chi connectivity index (χ0) is 15.7. The van der Waals surface area contributed by atoms with Crippen LogP contribution < -0.4 is 10.0 Å². The third kappa shape index (κ3) is 4.28. The number of benzene rings is 1. The fourth-order valence-electron chi connectivity index (χ4n) is 2.90. The van der Waals surface area contributed by atoms with E-state index in [0.717, 1.165) is 24.8 Å². The van der Waals surface area contributed by atoms with Gasteiger partial charge in [0.2, 0.25) is 10.0 Å². The van der Waals surface area contributed by atoms with Gasteiger partial charge < -0.3 is 5.32 Å². The monoisotopic (exact) mass is 374 g/mol. The minimum atomic E-state index is -3.47. The van der Waals surface area contributed by atoms with Crippen molar-refractivity contribution in [1.29, 1.82) is 0 Å². The normalized spacial score (nSPS) is 21.6. The predicted molar refractivity (Wildman–Crippen MR) is 88.6 cm³/mol. The molecule has 0 aromatic heterocycles. The van der Waals surface area contributed by atoms with Gasteiger partial charge in [-0.05, 0) is 65.4 Å². The second-order valence-electron chi connectivity index (χ2n) is 6.52. The van der Waals surface area contributed by atoms with E-state index in [1.54, 1.807) is 6.07 Å². The lowest BCUT2D eigenvalue weighted by Crippen LogP contribution is -2.33. The third-order valence-electron chi connectivity index (χ3n) is 3.96. The summed E-state index contributed by atoms with van der Waals surface area (Å²) in [4.78, 5) is 0.312. The zero-order valence-electron chi connectivity index (χ0n) is 12.7. The fraction of sp³-hybridized carbons (Fsp3) is 0.600. The van der Waals surface area contributed by atoms with E-state index in [-0.39, 0.29) is 11.5 Å². The van der Waals surface area contributed by atoms with Gasteiger partial charge in [0.1, 0.15) is 0 Å². The molecule has 1 atom stereocenters. The van der Waals surface area contributed by atoms with Gasteiger partial charge in [-0.15, -0.1) is 0 Å².